The van der Waals surface area contributed by atoms with Gasteiger partial charge in [-0.15, -0.1) is 23.6 Å². The van der Waals surface area contributed by atoms with E-state index >= 15 is 0 Å². The molecule has 1 N–H and O–H groups in total. The van der Waals surface area contributed by atoms with E-state index < -0.39 is 5.41 Å². The van der Waals surface area contributed by atoms with Crippen LogP contribution in [-0.4, -0.2) is 20.9 Å². The summed E-state index contributed by atoms with van der Waals surface area (Å²) >= 11 is 0. The predicted molar refractivity (Wildman–Crippen MR) is 215 cm³/mol. The molecule has 1 radical (unpaired) electrons. The van der Waals surface area contributed by atoms with Gasteiger partial charge in [0.1, 0.15) is 0 Å². The van der Waals surface area contributed by atoms with Crippen LogP contribution in [0.25, 0.3) is 44.1 Å². The zero-order valence-corrected chi connectivity index (χ0v) is 34.3. The molecule has 1 spiro atoms. The van der Waals surface area contributed by atoms with Crippen molar-refractivity contribution in [1.82, 2.24) is 9.97 Å². The van der Waals surface area contributed by atoms with E-state index in [1.165, 1.54) is 44.8 Å². The molecule has 4 nitrogen and oxygen atoms in total. The normalized spacial score (nSPS) is 13.7. The van der Waals surface area contributed by atoms with Crippen molar-refractivity contribution in [2.24, 2.45) is 11.8 Å². The van der Waals surface area contributed by atoms with Crippen LogP contribution in [0.15, 0.2) is 109 Å². The van der Waals surface area contributed by atoms with Gasteiger partial charge in [0.2, 0.25) is 0 Å². The van der Waals surface area contributed by atoms with Gasteiger partial charge in [-0.2, -0.15) is 0 Å². The molecule has 2 aliphatic rings. The molecule has 2 heterocycles. The minimum absolute atomic E-state index is 0. The Bertz CT molecular complexity index is 2300. The summed E-state index contributed by atoms with van der Waals surface area (Å²) in [4.78, 5) is 21.9. The Balaban J connectivity index is 0.000000258. The molecule has 0 amide bonds. The number of carbonyl (C=O) groups is 1. The summed E-state index contributed by atoms with van der Waals surface area (Å²) in [5.41, 5.74) is 11.4. The van der Waals surface area contributed by atoms with Crippen LogP contribution in [0.5, 0.6) is 0 Å². The van der Waals surface area contributed by atoms with Crippen LogP contribution < -0.4 is 0 Å². The van der Waals surface area contributed by atoms with Crippen LogP contribution in [-0.2, 0) is 35.7 Å². The van der Waals surface area contributed by atoms with Crippen LogP contribution in [0, 0.1) is 17.9 Å². The Hall–Kier alpha value is -4.44. The van der Waals surface area contributed by atoms with Crippen molar-refractivity contribution in [2.75, 3.05) is 0 Å². The van der Waals surface area contributed by atoms with Gasteiger partial charge in [-0.25, -0.2) is 0 Å². The first-order valence-corrected chi connectivity index (χ1v) is 19.0. The summed E-state index contributed by atoms with van der Waals surface area (Å²) in [5.74, 6) is 0.547. The second-order valence-electron chi connectivity index (χ2n) is 15.3. The summed E-state index contributed by atoms with van der Waals surface area (Å²) in [6.45, 7) is 14.8. The fourth-order valence-corrected chi connectivity index (χ4v) is 8.44. The number of nitrogens with zero attached hydrogens (tertiary/aromatic N) is 2. The van der Waals surface area contributed by atoms with E-state index in [-0.39, 0.29) is 48.9 Å². The number of allylic oxidation sites excluding steroid dienone is 2. The van der Waals surface area contributed by atoms with E-state index in [4.69, 9.17) is 9.97 Å². The Morgan fingerprint density at radius 1 is 0.774 bits per heavy atom. The predicted octanol–water partition coefficient (Wildman–Crippen LogP) is 12.1. The SMILES string of the molecule is CC(C)(C)c1cc2c3c(nccc3n1)-c1[c-]c3ccccc3cc1C21c2ccccc2-c2ccccc21.CCC(CC)C(=O)/C=C(\O)C(CC)CC.[Ir]. The van der Waals surface area contributed by atoms with Crippen molar-refractivity contribution >= 4 is 27.5 Å². The molecule has 5 heteroatoms. The molecule has 4 aromatic carbocycles. The molecule has 0 atom stereocenters. The van der Waals surface area contributed by atoms with Crippen LogP contribution >= 0.6 is 0 Å². The molecule has 0 bridgehead atoms. The van der Waals surface area contributed by atoms with Gasteiger partial charge >= 0.3 is 0 Å². The summed E-state index contributed by atoms with van der Waals surface area (Å²) in [5, 5.41) is 13.2. The summed E-state index contributed by atoms with van der Waals surface area (Å²) in [6.07, 6.45) is 6.81. The third-order valence-electron chi connectivity index (χ3n) is 11.4. The maximum atomic E-state index is 11.7. The van der Waals surface area contributed by atoms with Gasteiger partial charge in [-0.05, 0) is 71.0 Å². The second-order valence-corrected chi connectivity index (χ2v) is 15.3. The first-order chi connectivity index (χ1) is 25.1. The molecule has 8 rings (SSSR count). The summed E-state index contributed by atoms with van der Waals surface area (Å²) < 4.78 is 0. The average molecular weight is 878 g/mol. The van der Waals surface area contributed by atoms with Crippen molar-refractivity contribution in [3.63, 3.8) is 0 Å². The monoisotopic (exact) mass is 878 g/mol. The zero-order valence-electron chi connectivity index (χ0n) is 31.9. The van der Waals surface area contributed by atoms with Crippen LogP contribution in [0.3, 0.4) is 0 Å². The molecule has 2 aromatic heterocycles. The summed E-state index contributed by atoms with van der Waals surface area (Å²) in [7, 11) is 0. The Morgan fingerprint density at radius 3 is 1.96 bits per heavy atom. The van der Waals surface area contributed by atoms with E-state index in [1.807, 2.05) is 33.9 Å². The van der Waals surface area contributed by atoms with Gasteiger partial charge < -0.3 is 5.11 Å². The zero-order chi connectivity index (χ0) is 36.8. The Labute approximate surface area is 328 Å². The number of benzene rings is 4. The average Bonchev–Trinajstić information content (AvgIpc) is 3.44. The Kier molecular flexibility index (Phi) is 10.9. The number of carbonyl (C=O) groups excluding carboxylic acids is 1. The largest absolute Gasteiger partial charge is 0.512 e. The molecule has 2 aliphatic carbocycles. The first-order valence-electron chi connectivity index (χ1n) is 19.0. The van der Waals surface area contributed by atoms with Crippen LogP contribution in [0.4, 0.5) is 0 Å². The molecule has 53 heavy (non-hydrogen) atoms. The van der Waals surface area contributed by atoms with Crippen molar-refractivity contribution in [3.8, 4) is 22.4 Å². The van der Waals surface area contributed by atoms with Gasteiger partial charge in [-0.1, -0.05) is 132 Å². The van der Waals surface area contributed by atoms with Crippen LogP contribution in [0.1, 0.15) is 102 Å². The maximum Gasteiger partial charge on any atom is 0.162 e. The third kappa shape index (κ3) is 6.36. The number of pyridine rings is 2. The number of rotatable bonds is 7. The molecular formula is C48H49IrN2O2-. The van der Waals surface area contributed by atoms with E-state index in [0.29, 0.717) is 0 Å². The number of fused-ring (bicyclic) bond motifs is 10. The van der Waals surface area contributed by atoms with Crippen LogP contribution in [0.2, 0.25) is 0 Å². The molecule has 0 saturated carbocycles. The fourth-order valence-electron chi connectivity index (χ4n) is 8.44. The second kappa shape index (κ2) is 15.1. The number of hydrogen-bond donors (Lipinski definition) is 1. The van der Waals surface area contributed by atoms with Crippen molar-refractivity contribution in [1.29, 1.82) is 0 Å². The topological polar surface area (TPSA) is 63.1 Å². The minimum Gasteiger partial charge on any atom is -0.512 e. The van der Waals surface area contributed by atoms with Crippen molar-refractivity contribution in [3.05, 3.63) is 143 Å². The number of ketones is 1. The molecule has 0 aliphatic heterocycles. The van der Waals surface area contributed by atoms with Gasteiger partial charge in [0.05, 0.1) is 11.3 Å². The van der Waals surface area contributed by atoms with Crippen molar-refractivity contribution in [2.45, 2.75) is 85.0 Å². The molecule has 0 saturated heterocycles. The van der Waals surface area contributed by atoms with Gasteiger partial charge in [-0.3, -0.25) is 14.8 Å². The third-order valence-corrected chi connectivity index (χ3v) is 11.4. The number of hydrogen-bond acceptors (Lipinski definition) is 4. The molecule has 0 unspecified atom stereocenters. The smallest absolute Gasteiger partial charge is 0.162 e. The first kappa shape index (κ1) is 38.3. The molecule has 0 fully saturated rings. The van der Waals surface area contributed by atoms with E-state index in [9.17, 15) is 9.90 Å². The standard InChI is InChI=1S/C35H25N2.C13H24O2.Ir/c1-34(2,3)31-20-29-32-30(37-31)16-17-36-33(32)25-18-21-10-4-5-11-22(21)19-28(25)35(29)26-14-8-6-12-23(26)24-13-7-9-15-27(24)35;1-5-10(6-2)12(14)9-13(15)11(7-3)8-4;/h4-17,19-20H,1-3H3;9-11,14H,5-8H2,1-4H3;/q-1;;/b;12-9-;. The summed E-state index contributed by atoms with van der Waals surface area (Å²) in [6, 6.07) is 37.0. The quantitative estimate of drug-likeness (QED) is 0.0984. The maximum absolute atomic E-state index is 11.7. The number of aromatic nitrogens is 2. The minimum atomic E-state index is -0.472. The Morgan fingerprint density at radius 2 is 1.36 bits per heavy atom. The van der Waals surface area contributed by atoms with E-state index in [1.54, 1.807) is 0 Å². The molecular weight excluding hydrogens is 829 g/mol. The van der Waals surface area contributed by atoms with E-state index in [2.05, 4.69) is 118 Å². The fraction of sp³-hybridized carbons (Fsp3) is 0.312. The number of aliphatic hydroxyl groups is 1. The van der Waals surface area contributed by atoms with Gasteiger partial charge in [0.15, 0.2) is 5.78 Å². The van der Waals surface area contributed by atoms with Gasteiger partial charge in [0.25, 0.3) is 0 Å². The molecule has 273 valence electrons. The van der Waals surface area contributed by atoms with Gasteiger partial charge in [0, 0.05) is 66.4 Å². The van der Waals surface area contributed by atoms with E-state index in [0.717, 1.165) is 58.9 Å². The number of aliphatic hydroxyl groups excluding tert-OH is 1. The molecule has 6 aromatic rings. The van der Waals surface area contributed by atoms with Crippen molar-refractivity contribution < 1.29 is 30.0 Å².